The van der Waals surface area contributed by atoms with E-state index in [0.29, 0.717) is 24.4 Å². The highest BCUT2D eigenvalue weighted by Crippen LogP contribution is 2.20. The molecule has 5 heteroatoms. The summed E-state index contributed by atoms with van der Waals surface area (Å²) in [7, 11) is 0. The molecule has 1 heterocycles. The first-order chi connectivity index (χ1) is 9.15. The van der Waals surface area contributed by atoms with Crippen LogP contribution in [-0.4, -0.2) is 35.0 Å². The first-order valence-corrected chi connectivity index (χ1v) is 7.50. The van der Waals surface area contributed by atoms with Gasteiger partial charge in [-0.15, -0.1) is 11.6 Å². The van der Waals surface area contributed by atoms with Crippen LogP contribution in [0.3, 0.4) is 0 Å². The highest BCUT2D eigenvalue weighted by Gasteiger charge is 2.18. The highest BCUT2D eigenvalue weighted by molar-refractivity contribution is 6.18. The fourth-order valence-electron chi connectivity index (χ4n) is 2.14. The van der Waals surface area contributed by atoms with Gasteiger partial charge in [-0.2, -0.15) is 4.98 Å². The first kappa shape index (κ1) is 16.0. The number of aryl methyl sites for hydroxylation is 1. The van der Waals surface area contributed by atoms with Crippen molar-refractivity contribution in [2.24, 2.45) is 0 Å². The average molecular weight is 286 g/mol. The molecule has 0 spiro atoms. The van der Waals surface area contributed by atoms with Crippen LogP contribution >= 0.6 is 11.6 Å². The Morgan fingerprint density at radius 1 is 1.26 bits per heavy atom. The Labute approximate surface area is 121 Å². The fourth-order valence-corrected chi connectivity index (χ4v) is 2.32. The van der Waals surface area contributed by atoms with E-state index >= 15 is 0 Å². The first-order valence-electron chi connectivity index (χ1n) is 6.97. The second-order valence-corrected chi connectivity index (χ2v) is 4.81. The Hall–Kier alpha value is -1.03. The van der Waals surface area contributed by atoms with Crippen LogP contribution in [0.4, 0.5) is 5.95 Å². The van der Waals surface area contributed by atoms with Crippen LogP contribution in [0.2, 0.25) is 0 Å². The number of alkyl halides is 1. The van der Waals surface area contributed by atoms with Gasteiger partial charge in [0, 0.05) is 30.2 Å². The van der Waals surface area contributed by atoms with Crippen LogP contribution in [0.25, 0.3) is 0 Å². The van der Waals surface area contributed by atoms with Gasteiger partial charge in [-0.3, -0.25) is 0 Å². The van der Waals surface area contributed by atoms with Crippen molar-refractivity contribution in [2.75, 3.05) is 23.9 Å². The molecule has 0 N–H and O–H groups in total. The normalized spacial score (nSPS) is 10.8. The van der Waals surface area contributed by atoms with Gasteiger partial charge >= 0.3 is 0 Å². The molecule has 0 radical (unpaired) electrons. The predicted octanol–water partition coefficient (Wildman–Crippen LogP) is 3.42. The molecule has 1 aromatic heterocycles. The zero-order valence-corrected chi connectivity index (χ0v) is 13.1. The van der Waals surface area contributed by atoms with E-state index in [1.807, 2.05) is 19.9 Å². The van der Waals surface area contributed by atoms with Gasteiger partial charge in [0.1, 0.15) is 0 Å². The number of halogens is 1. The maximum atomic E-state index is 5.92. The third-order valence-corrected chi connectivity index (χ3v) is 3.25. The quantitative estimate of drug-likeness (QED) is 0.686. The zero-order chi connectivity index (χ0) is 14.3. The Morgan fingerprint density at radius 3 is 2.47 bits per heavy atom. The summed E-state index contributed by atoms with van der Waals surface area (Å²) in [6.07, 6.45) is 2.10. The molecule has 0 aromatic carbocycles. The highest BCUT2D eigenvalue weighted by atomic mass is 35.5. The average Bonchev–Trinajstić information content (AvgIpc) is 2.38. The summed E-state index contributed by atoms with van der Waals surface area (Å²) in [5, 5.41) is 0. The molecule has 0 unspecified atom stereocenters. The Bertz CT molecular complexity index is 383. The third kappa shape index (κ3) is 4.53. The maximum absolute atomic E-state index is 5.92. The lowest BCUT2D eigenvalue weighted by atomic mass is 10.1. The van der Waals surface area contributed by atoms with Crippen LogP contribution in [0.5, 0.6) is 5.88 Å². The van der Waals surface area contributed by atoms with Crippen LogP contribution < -0.4 is 9.64 Å². The van der Waals surface area contributed by atoms with Gasteiger partial charge in [-0.05, 0) is 26.7 Å². The molecule has 4 nitrogen and oxygen atoms in total. The molecular weight excluding hydrogens is 262 g/mol. The minimum Gasteiger partial charge on any atom is -0.478 e. The smallest absolute Gasteiger partial charge is 0.229 e. The van der Waals surface area contributed by atoms with Gasteiger partial charge in [-0.1, -0.05) is 13.8 Å². The second-order valence-electron chi connectivity index (χ2n) is 4.43. The molecule has 19 heavy (non-hydrogen) atoms. The van der Waals surface area contributed by atoms with Gasteiger partial charge in [0.25, 0.3) is 0 Å². The van der Waals surface area contributed by atoms with Gasteiger partial charge in [0.05, 0.1) is 6.61 Å². The number of hydrogen-bond donors (Lipinski definition) is 0. The summed E-state index contributed by atoms with van der Waals surface area (Å²) in [6, 6.07) is 2.27. The molecule has 0 atom stereocenters. The number of rotatable bonds is 8. The van der Waals surface area contributed by atoms with E-state index in [0.717, 1.165) is 31.0 Å². The summed E-state index contributed by atoms with van der Waals surface area (Å²) in [4.78, 5) is 11.2. The molecule has 108 valence electrons. The van der Waals surface area contributed by atoms with Gasteiger partial charge < -0.3 is 9.64 Å². The van der Waals surface area contributed by atoms with Crippen molar-refractivity contribution in [3.63, 3.8) is 0 Å². The second kappa shape index (κ2) is 8.20. The number of hydrogen-bond acceptors (Lipinski definition) is 4. The van der Waals surface area contributed by atoms with Crippen LogP contribution in [0.1, 0.15) is 39.3 Å². The molecule has 1 aromatic rings. The van der Waals surface area contributed by atoms with Crippen molar-refractivity contribution in [1.29, 1.82) is 0 Å². The largest absolute Gasteiger partial charge is 0.478 e. The van der Waals surface area contributed by atoms with E-state index in [9.17, 15) is 0 Å². The standard InChI is InChI=1S/C14H24ClN3O/c1-5-12(6-2)18(9-8-15)14-16-11(4)10-13(17-14)19-7-3/h10,12H,5-9H2,1-4H3. The van der Waals surface area contributed by atoms with Crippen molar-refractivity contribution in [3.05, 3.63) is 11.8 Å². The van der Waals surface area contributed by atoms with Crippen LogP contribution in [-0.2, 0) is 0 Å². The third-order valence-electron chi connectivity index (χ3n) is 3.08. The lowest BCUT2D eigenvalue weighted by Gasteiger charge is -2.30. The Balaban J connectivity index is 3.06. The van der Waals surface area contributed by atoms with Gasteiger partial charge in [0.2, 0.25) is 11.8 Å². The molecule has 1 rings (SSSR count). The SMILES string of the molecule is CCOc1cc(C)nc(N(CCCl)C(CC)CC)n1. The summed E-state index contributed by atoms with van der Waals surface area (Å²) >= 11 is 5.92. The number of aromatic nitrogens is 2. The van der Waals surface area contributed by atoms with Gasteiger partial charge in [-0.25, -0.2) is 4.98 Å². The Morgan fingerprint density at radius 2 is 1.95 bits per heavy atom. The number of nitrogens with zero attached hydrogens (tertiary/aromatic N) is 3. The Kier molecular flexibility index (Phi) is 6.92. The lowest BCUT2D eigenvalue weighted by Crippen LogP contribution is -2.37. The van der Waals surface area contributed by atoms with Gasteiger partial charge in [0.15, 0.2) is 0 Å². The van der Waals surface area contributed by atoms with E-state index in [1.165, 1.54) is 0 Å². The molecule has 0 fully saturated rings. The minimum absolute atomic E-state index is 0.412. The molecule has 0 amide bonds. The minimum atomic E-state index is 0.412. The molecular formula is C14H24ClN3O. The number of ether oxygens (including phenoxy) is 1. The van der Waals surface area contributed by atoms with Crippen molar-refractivity contribution in [2.45, 2.75) is 46.6 Å². The van der Waals surface area contributed by atoms with Crippen molar-refractivity contribution < 1.29 is 4.74 Å². The summed E-state index contributed by atoms with van der Waals surface area (Å²) in [6.45, 7) is 9.62. The molecule has 0 aliphatic carbocycles. The summed E-state index contributed by atoms with van der Waals surface area (Å²) in [5.41, 5.74) is 0.916. The van der Waals surface area contributed by atoms with E-state index in [-0.39, 0.29) is 0 Å². The van der Waals surface area contributed by atoms with E-state index < -0.39 is 0 Å². The fraction of sp³-hybridized carbons (Fsp3) is 0.714. The molecule has 0 saturated carbocycles. The monoisotopic (exact) mass is 285 g/mol. The number of anilines is 1. The van der Waals surface area contributed by atoms with E-state index in [1.54, 1.807) is 0 Å². The van der Waals surface area contributed by atoms with Crippen molar-refractivity contribution in [1.82, 2.24) is 9.97 Å². The predicted molar refractivity (Wildman–Crippen MR) is 80.4 cm³/mol. The van der Waals surface area contributed by atoms with Crippen LogP contribution in [0, 0.1) is 6.92 Å². The van der Waals surface area contributed by atoms with Crippen LogP contribution in [0.15, 0.2) is 6.07 Å². The summed E-state index contributed by atoms with van der Waals surface area (Å²) in [5.74, 6) is 1.92. The van der Waals surface area contributed by atoms with Crippen molar-refractivity contribution >= 4 is 17.5 Å². The van der Waals surface area contributed by atoms with Crippen molar-refractivity contribution in [3.8, 4) is 5.88 Å². The summed E-state index contributed by atoms with van der Waals surface area (Å²) < 4.78 is 5.49. The van der Waals surface area contributed by atoms with E-state index in [2.05, 4.69) is 28.7 Å². The topological polar surface area (TPSA) is 38.2 Å². The molecule has 0 aliphatic rings. The lowest BCUT2D eigenvalue weighted by molar-refractivity contribution is 0.325. The molecule has 0 bridgehead atoms. The maximum Gasteiger partial charge on any atom is 0.229 e. The zero-order valence-electron chi connectivity index (χ0n) is 12.3. The molecule has 0 saturated heterocycles. The van der Waals surface area contributed by atoms with E-state index in [4.69, 9.17) is 16.3 Å². The molecule has 0 aliphatic heterocycles.